The number of nitrogens with zero attached hydrogens (tertiary/aromatic N) is 1. The van der Waals surface area contributed by atoms with Crippen molar-refractivity contribution in [2.75, 3.05) is 11.4 Å². The molecule has 2 rings (SSSR count). The van der Waals surface area contributed by atoms with Gasteiger partial charge in [-0.2, -0.15) is 0 Å². The van der Waals surface area contributed by atoms with Crippen LogP contribution in [0.25, 0.3) is 0 Å². The molecule has 0 fully saturated rings. The summed E-state index contributed by atoms with van der Waals surface area (Å²) in [7, 11) is 0. The van der Waals surface area contributed by atoms with Crippen molar-refractivity contribution in [1.29, 1.82) is 0 Å². The molecule has 2 N–H and O–H groups in total. The molecule has 0 aromatic heterocycles. The summed E-state index contributed by atoms with van der Waals surface area (Å²) < 4.78 is 0.649. The van der Waals surface area contributed by atoms with Crippen LogP contribution in [0.2, 0.25) is 0 Å². The lowest BCUT2D eigenvalue weighted by molar-refractivity contribution is 0.0697. The fourth-order valence-corrected chi connectivity index (χ4v) is 2.37. The highest BCUT2D eigenvalue weighted by Crippen LogP contribution is 2.34. The molecule has 0 spiro atoms. The Balaban J connectivity index is 2.63. The van der Waals surface area contributed by atoms with Crippen LogP contribution in [0, 0.1) is 0 Å². The van der Waals surface area contributed by atoms with Crippen LogP contribution >= 0.6 is 15.9 Å². The van der Waals surface area contributed by atoms with Crippen molar-refractivity contribution >= 4 is 33.7 Å². The monoisotopic (exact) mass is 285 g/mol. The molecule has 84 valence electrons. The Kier molecular flexibility index (Phi) is 2.59. The maximum absolute atomic E-state index is 11.0. The molecule has 0 unspecified atom stereocenters. The number of anilines is 1. The minimum absolute atomic E-state index is 0.0178. The summed E-state index contributed by atoms with van der Waals surface area (Å²) in [6.45, 7) is 0.307. The second kappa shape index (κ2) is 3.79. The number of fused-ring (bicyclic) bond motifs is 1. The molecule has 1 aromatic rings. The van der Waals surface area contributed by atoms with E-state index < -0.39 is 12.1 Å². The fraction of sp³-hybridized carbons (Fsp3) is 0.200. The average molecular weight is 286 g/mol. The van der Waals surface area contributed by atoms with Gasteiger partial charge < -0.3 is 10.2 Å². The Morgan fingerprint density at radius 1 is 1.31 bits per heavy atom. The third kappa shape index (κ3) is 1.65. The van der Waals surface area contributed by atoms with Crippen LogP contribution in [-0.4, -0.2) is 28.8 Å². The number of rotatable bonds is 1. The van der Waals surface area contributed by atoms with Crippen LogP contribution in [-0.2, 0) is 6.42 Å². The van der Waals surface area contributed by atoms with Gasteiger partial charge in [0.1, 0.15) is 0 Å². The zero-order valence-corrected chi connectivity index (χ0v) is 9.69. The van der Waals surface area contributed by atoms with Crippen LogP contribution in [0.5, 0.6) is 0 Å². The lowest BCUT2D eigenvalue weighted by Gasteiger charge is -2.15. The predicted octanol–water partition coefficient (Wildman–Crippen LogP) is 2.19. The normalized spacial score (nSPS) is 13.7. The molecule has 1 aliphatic rings. The number of carboxylic acids is 1. The minimum atomic E-state index is -1.12. The first-order valence-electron chi connectivity index (χ1n) is 4.57. The second-order valence-electron chi connectivity index (χ2n) is 3.45. The number of hydrogen-bond acceptors (Lipinski definition) is 2. The standard InChI is InChI=1S/C10H8BrNO4/c11-6-3-5-1-2-12(10(15)16)8(5)7(4-6)9(13)14/h3-4H,1-2H2,(H,13,14)(H,15,16). The average Bonchev–Trinajstić information content (AvgIpc) is 2.59. The smallest absolute Gasteiger partial charge is 0.411 e. The zero-order chi connectivity index (χ0) is 11.9. The molecule has 0 aliphatic carbocycles. The van der Waals surface area contributed by atoms with Gasteiger partial charge in [-0.3, -0.25) is 4.90 Å². The van der Waals surface area contributed by atoms with Gasteiger partial charge >= 0.3 is 12.1 Å². The number of halogens is 1. The van der Waals surface area contributed by atoms with Gasteiger partial charge in [-0.25, -0.2) is 9.59 Å². The van der Waals surface area contributed by atoms with Gasteiger partial charge in [-0.05, 0) is 24.1 Å². The molecule has 6 heteroatoms. The Bertz CT molecular complexity index is 486. The van der Waals surface area contributed by atoms with Crippen LogP contribution < -0.4 is 4.90 Å². The molecule has 1 heterocycles. The predicted molar refractivity (Wildman–Crippen MR) is 60.2 cm³/mol. The first-order chi connectivity index (χ1) is 7.50. The van der Waals surface area contributed by atoms with Crippen molar-refractivity contribution in [3.8, 4) is 0 Å². The van der Waals surface area contributed by atoms with Gasteiger partial charge in [0.15, 0.2) is 0 Å². The number of carbonyl (C=O) groups is 2. The van der Waals surface area contributed by atoms with E-state index in [9.17, 15) is 9.59 Å². The van der Waals surface area contributed by atoms with Gasteiger partial charge in [-0.15, -0.1) is 0 Å². The Hall–Kier alpha value is -1.56. The molecule has 1 aromatic carbocycles. The first-order valence-corrected chi connectivity index (χ1v) is 5.36. The van der Waals surface area contributed by atoms with Crippen molar-refractivity contribution in [3.05, 3.63) is 27.7 Å². The molecule has 1 amide bonds. The van der Waals surface area contributed by atoms with E-state index in [1.165, 1.54) is 6.07 Å². The third-order valence-electron chi connectivity index (χ3n) is 2.49. The lowest BCUT2D eigenvalue weighted by atomic mass is 10.1. The van der Waals surface area contributed by atoms with Crippen LogP contribution in [0.15, 0.2) is 16.6 Å². The largest absolute Gasteiger partial charge is 0.478 e. The van der Waals surface area contributed by atoms with E-state index in [4.69, 9.17) is 10.2 Å². The topological polar surface area (TPSA) is 77.8 Å². The van der Waals surface area contributed by atoms with Gasteiger partial charge in [0.25, 0.3) is 0 Å². The van der Waals surface area contributed by atoms with E-state index in [2.05, 4.69) is 15.9 Å². The van der Waals surface area contributed by atoms with E-state index in [1.807, 2.05) is 0 Å². The number of aromatic carboxylic acids is 1. The molecule has 0 saturated heterocycles. The molecule has 0 radical (unpaired) electrons. The molecule has 0 saturated carbocycles. The van der Waals surface area contributed by atoms with Gasteiger partial charge in [-0.1, -0.05) is 15.9 Å². The number of carboxylic acid groups (broad SMARTS) is 2. The van der Waals surface area contributed by atoms with Crippen LogP contribution in [0.4, 0.5) is 10.5 Å². The summed E-state index contributed by atoms with van der Waals surface area (Å²) in [6.07, 6.45) is -0.579. The van der Waals surface area contributed by atoms with Crippen LogP contribution in [0.3, 0.4) is 0 Å². The van der Waals surface area contributed by atoms with E-state index in [0.717, 1.165) is 10.5 Å². The van der Waals surface area contributed by atoms with E-state index in [-0.39, 0.29) is 5.56 Å². The maximum Gasteiger partial charge on any atom is 0.411 e. The van der Waals surface area contributed by atoms with Crippen molar-refractivity contribution in [1.82, 2.24) is 0 Å². The number of benzene rings is 1. The Labute approximate surface area is 99.4 Å². The molecule has 1 aliphatic heterocycles. The summed E-state index contributed by atoms with van der Waals surface area (Å²) in [4.78, 5) is 23.1. The molecule has 16 heavy (non-hydrogen) atoms. The van der Waals surface area contributed by atoms with Gasteiger partial charge in [0, 0.05) is 11.0 Å². The number of hydrogen-bond donors (Lipinski definition) is 2. The van der Waals surface area contributed by atoms with E-state index >= 15 is 0 Å². The van der Waals surface area contributed by atoms with E-state index in [1.54, 1.807) is 6.07 Å². The van der Waals surface area contributed by atoms with Crippen LogP contribution in [0.1, 0.15) is 15.9 Å². The minimum Gasteiger partial charge on any atom is -0.478 e. The summed E-state index contributed by atoms with van der Waals surface area (Å²) in [6, 6.07) is 3.17. The molecule has 0 atom stereocenters. The Morgan fingerprint density at radius 2 is 2.00 bits per heavy atom. The van der Waals surface area contributed by atoms with Crippen molar-refractivity contribution < 1.29 is 19.8 Å². The van der Waals surface area contributed by atoms with Crippen molar-refractivity contribution in [3.63, 3.8) is 0 Å². The first kappa shape index (κ1) is 10.9. The van der Waals surface area contributed by atoms with Gasteiger partial charge in [0.05, 0.1) is 11.3 Å². The van der Waals surface area contributed by atoms with Crippen molar-refractivity contribution in [2.45, 2.75) is 6.42 Å². The highest BCUT2D eigenvalue weighted by molar-refractivity contribution is 9.10. The quantitative estimate of drug-likeness (QED) is 0.829. The lowest BCUT2D eigenvalue weighted by Crippen LogP contribution is -2.28. The summed E-state index contributed by atoms with van der Waals surface area (Å²) >= 11 is 3.21. The van der Waals surface area contributed by atoms with E-state index in [0.29, 0.717) is 23.1 Å². The zero-order valence-electron chi connectivity index (χ0n) is 8.11. The molecule has 5 nitrogen and oxygen atoms in total. The van der Waals surface area contributed by atoms with Gasteiger partial charge in [0.2, 0.25) is 0 Å². The highest BCUT2D eigenvalue weighted by Gasteiger charge is 2.29. The van der Waals surface area contributed by atoms with Crippen molar-refractivity contribution in [2.24, 2.45) is 0 Å². The summed E-state index contributed by atoms with van der Waals surface area (Å²) in [5, 5.41) is 18.0. The third-order valence-corrected chi connectivity index (χ3v) is 2.95. The SMILES string of the molecule is O=C(O)c1cc(Br)cc2c1N(C(=O)O)CC2. The molecule has 0 bridgehead atoms. The second-order valence-corrected chi connectivity index (χ2v) is 4.37. The fourth-order valence-electron chi connectivity index (χ4n) is 1.86. The maximum atomic E-state index is 11.0. The Morgan fingerprint density at radius 3 is 2.56 bits per heavy atom. The molecular weight excluding hydrogens is 278 g/mol. The molecular formula is C10H8BrNO4. The summed E-state index contributed by atoms with van der Waals surface area (Å²) in [5.74, 6) is -1.12. The number of amides is 1. The summed E-state index contributed by atoms with van der Waals surface area (Å²) in [5.41, 5.74) is 1.06. The highest BCUT2D eigenvalue weighted by atomic mass is 79.9.